The topological polar surface area (TPSA) is 27.7 Å². The van der Waals surface area contributed by atoms with Gasteiger partial charge in [-0.15, -0.1) is 0 Å². The van der Waals surface area contributed by atoms with Crippen molar-refractivity contribution in [1.29, 1.82) is 0 Å². The maximum absolute atomic E-state index is 13.1. The van der Waals surface area contributed by atoms with Crippen molar-refractivity contribution in [2.24, 2.45) is 0 Å². The molecule has 1 aliphatic carbocycles. The maximum atomic E-state index is 13.1. The van der Waals surface area contributed by atoms with Crippen LogP contribution in [0.2, 0.25) is 5.02 Å². The Morgan fingerprint density at radius 1 is 1.25 bits per heavy atom. The van der Waals surface area contributed by atoms with Crippen molar-refractivity contribution in [2.75, 3.05) is 13.2 Å². The molecule has 3 rings (SSSR count). The highest BCUT2D eigenvalue weighted by Crippen LogP contribution is 2.36. The van der Waals surface area contributed by atoms with E-state index in [9.17, 15) is 4.39 Å². The second-order valence-electron chi connectivity index (χ2n) is 5.37. The van der Waals surface area contributed by atoms with Gasteiger partial charge in [-0.05, 0) is 30.5 Å². The number of halogens is 2. The van der Waals surface area contributed by atoms with Gasteiger partial charge in [0.25, 0.3) is 0 Å². The molecule has 0 atom stereocenters. The maximum Gasteiger partial charge on any atom is 0.168 e. The van der Waals surface area contributed by atoms with Crippen LogP contribution in [0.4, 0.5) is 4.39 Å². The first-order valence-corrected chi connectivity index (χ1v) is 7.38. The molecule has 0 radical (unpaired) electrons. The fourth-order valence-corrected chi connectivity index (χ4v) is 3.03. The van der Waals surface area contributed by atoms with E-state index in [1.54, 1.807) is 12.1 Å². The molecule has 1 spiro atoms. The molecule has 1 aromatic carbocycles. The summed E-state index contributed by atoms with van der Waals surface area (Å²) >= 11 is 5.75. The molecule has 0 N–H and O–H groups in total. The van der Waals surface area contributed by atoms with Gasteiger partial charge in [0, 0.05) is 12.8 Å². The summed E-state index contributed by atoms with van der Waals surface area (Å²) in [6, 6.07) is 4.69. The van der Waals surface area contributed by atoms with Gasteiger partial charge < -0.3 is 14.2 Å². The lowest BCUT2D eigenvalue weighted by Crippen LogP contribution is -2.37. The van der Waals surface area contributed by atoms with Crippen molar-refractivity contribution in [3.8, 4) is 0 Å². The van der Waals surface area contributed by atoms with Crippen molar-refractivity contribution < 1.29 is 18.6 Å². The van der Waals surface area contributed by atoms with Crippen molar-refractivity contribution >= 4 is 11.6 Å². The summed E-state index contributed by atoms with van der Waals surface area (Å²) in [5, 5.41) is 0.140. The zero-order valence-corrected chi connectivity index (χ0v) is 12.0. The summed E-state index contributed by atoms with van der Waals surface area (Å²) < 4.78 is 30.3. The van der Waals surface area contributed by atoms with E-state index in [1.807, 2.05) is 0 Å². The van der Waals surface area contributed by atoms with E-state index in [0.29, 0.717) is 19.8 Å². The summed E-state index contributed by atoms with van der Waals surface area (Å²) in [6.07, 6.45) is 3.81. The highest BCUT2D eigenvalue weighted by atomic mass is 35.5. The Kier molecular flexibility index (Phi) is 4.26. The van der Waals surface area contributed by atoms with Crippen LogP contribution in [0.3, 0.4) is 0 Å². The molecular weight excluding hydrogens is 283 g/mol. The van der Waals surface area contributed by atoms with Crippen LogP contribution in [0.1, 0.15) is 31.2 Å². The molecule has 1 saturated heterocycles. The predicted octanol–water partition coefficient (Wildman–Crippen LogP) is 3.68. The summed E-state index contributed by atoms with van der Waals surface area (Å²) in [5.74, 6) is -0.746. The first-order valence-electron chi connectivity index (χ1n) is 7.00. The van der Waals surface area contributed by atoms with E-state index in [2.05, 4.69) is 0 Å². The van der Waals surface area contributed by atoms with E-state index in [-0.39, 0.29) is 16.9 Å². The van der Waals surface area contributed by atoms with E-state index in [4.69, 9.17) is 25.8 Å². The zero-order chi connectivity index (χ0) is 14.0. The first-order chi connectivity index (χ1) is 9.67. The lowest BCUT2D eigenvalue weighted by molar-refractivity contribution is -0.192. The fourth-order valence-electron chi connectivity index (χ4n) is 2.83. The molecule has 1 aliphatic heterocycles. The molecular formula is C15H18ClFO3. The highest BCUT2D eigenvalue weighted by Gasteiger charge is 2.40. The molecule has 110 valence electrons. The number of benzene rings is 1. The fraction of sp³-hybridized carbons (Fsp3) is 0.600. The third kappa shape index (κ3) is 3.14. The van der Waals surface area contributed by atoms with Gasteiger partial charge in [-0.3, -0.25) is 0 Å². The van der Waals surface area contributed by atoms with Gasteiger partial charge >= 0.3 is 0 Å². The second kappa shape index (κ2) is 5.98. The van der Waals surface area contributed by atoms with Crippen molar-refractivity contribution in [3.63, 3.8) is 0 Å². The van der Waals surface area contributed by atoms with Crippen molar-refractivity contribution in [1.82, 2.24) is 0 Å². The standard InChI is InChI=1S/C15H18ClFO3/c16-13-9-11(1-2-14(13)17)10-18-12-3-5-15(6-4-12)19-7-8-20-15/h1-2,9,12H,3-8,10H2. The van der Waals surface area contributed by atoms with Crippen LogP contribution in [-0.4, -0.2) is 25.1 Å². The van der Waals surface area contributed by atoms with Crippen LogP contribution in [0.5, 0.6) is 0 Å². The average molecular weight is 301 g/mol. The Balaban J connectivity index is 1.49. The van der Waals surface area contributed by atoms with Gasteiger partial charge in [-0.25, -0.2) is 4.39 Å². The van der Waals surface area contributed by atoms with Crippen LogP contribution >= 0.6 is 11.6 Å². The summed E-state index contributed by atoms with van der Waals surface area (Å²) in [6.45, 7) is 1.85. The van der Waals surface area contributed by atoms with Gasteiger partial charge in [0.1, 0.15) is 5.82 Å². The van der Waals surface area contributed by atoms with Crippen LogP contribution in [-0.2, 0) is 20.8 Å². The van der Waals surface area contributed by atoms with Crippen LogP contribution in [0.15, 0.2) is 18.2 Å². The number of hydrogen-bond acceptors (Lipinski definition) is 3. The van der Waals surface area contributed by atoms with Crippen LogP contribution in [0.25, 0.3) is 0 Å². The van der Waals surface area contributed by atoms with E-state index in [0.717, 1.165) is 31.2 Å². The van der Waals surface area contributed by atoms with Crippen LogP contribution < -0.4 is 0 Å². The molecule has 0 bridgehead atoms. The quantitative estimate of drug-likeness (QED) is 0.852. The zero-order valence-electron chi connectivity index (χ0n) is 11.2. The molecule has 1 heterocycles. The Morgan fingerprint density at radius 3 is 2.60 bits per heavy atom. The third-order valence-corrected chi connectivity index (χ3v) is 4.27. The first kappa shape index (κ1) is 14.3. The molecule has 0 amide bonds. The van der Waals surface area contributed by atoms with E-state index >= 15 is 0 Å². The van der Waals surface area contributed by atoms with Gasteiger partial charge in [0.05, 0.1) is 30.9 Å². The summed E-state index contributed by atoms with van der Waals surface area (Å²) in [7, 11) is 0. The Morgan fingerprint density at radius 2 is 1.95 bits per heavy atom. The Labute approximate surface area is 123 Å². The largest absolute Gasteiger partial charge is 0.374 e. The van der Waals surface area contributed by atoms with E-state index < -0.39 is 5.82 Å². The van der Waals surface area contributed by atoms with Gasteiger partial charge in [-0.2, -0.15) is 0 Å². The minimum absolute atomic E-state index is 0.140. The van der Waals surface area contributed by atoms with Gasteiger partial charge in [-0.1, -0.05) is 17.7 Å². The SMILES string of the molecule is Fc1ccc(COC2CCC3(CC2)OCCO3)cc1Cl. The van der Waals surface area contributed by atoms with Crippen molar-refractivity contribution in [3.05, 3.63) is 34.6 Å². The minimum Gasteiger partial charge on any atom is -0.374 e. The second-order valence-corrected chi connectivity index (χ2v) is 5.77. The lowest BCUT2D eigenvalue weighted by atomic mass is 9.92. The predicted molar refractivity (Wildman–Crippen MR) is 73.1 cm³/mol. The monoisotopic (exact) mass is 300 g/mol. The molecule has 2 fully saturated rings. The molecule has 2 aliphatic rings. The number of rotatable bonds is 3. The van der Waals surface area contributed by atoms with E-state index in [1.165, 1.54) is 6.07 Å². The smallest absolute Gasteiger partial charge is 0.168 e. The van der Waals surface area contributed by atoms with Gasteiger partial charge in [0.2, 0.25) is 0 Å². The third-order valence-electron chi connectivity index (χ3n) is 3.98. The van der Waals surface area contributed by atoms with Crippen LogP contribution in [0, 0.1) is 5.82 Å². The molecule has 0 aromatic heterocycles. The number of ether oxygens (including phenoxy) is 3. The Hall–Kier alpha value is -0.680. The molecule has 20 heavy (non-hydrogen) atoms. The average Bonchev–Trinajstić information content (AvgIpc) is 2.90. The molecule has 1 aromatic rings. The minimum atomic E-state index is -0.398. The highest BCUT2D eigenvalue weighted by molar-refractivity contribution is 6.30. The summed E-state index contributed by atoms with van der Waals surface area (Å²) in [5.41, 5.74) is 0.894. The van der Waals surface area contributed by atoms with Crippen molar-refractivity contribution in [2.45, 2.75) is 44.2 Å². The molecule has 0 unspecified atom stereocenters. The normalized spacial score (nSPS) is 22.5. The Bertz CT molecular complexity index is 464. The molecule has 1 saturated carbocycles. The molecule has 5 heteroatoms. The summed E-state index contributed by atoms with van der Waals surface area (Å²) in [4.78, 5) is 0. The van der Waals surface area contributed by atoms with Gasteiger partial charge in [0.15, 0.2) is 5.79 Å². The molecule has 3 nitrogen and oxygen atoms in total. The number of hydrogen-bond donors (Lipinski definition) is 0. The lowest BCUT2D eigenvalue weighted by Gasteiger charge is -2.35.